The molecule has 1 saturated heterocycles. The van der Waals surface area contributed by atoms with Gasteiger partial charge in [0.15, 0.2) is 0 Å². The fourth-order valence-electron chi connectivity index (χ4n) is 2.65. The van der Waals surface area contributed by atoms with E-state index >= 15 is 0 Å². The van der Waals surface area contributed by atoms with E-state index in [0.717, 1.165) is 31.9 Å². The minimum Gasteiger partial charge on any atom is -0.478 e. The van der Waals surface area contributed by atoms with Gasteiger partial charge in [0.1, 0.15) is 0 Å². The van der Waals surface area contributed by atoms with E-state index < -0.39 is 5.97 Å². The van der Waals surface area contributed by atoms with E-state index in [9.17, 15) is 9.59 Å². The Kier molecular flexibility index (Phi) is 5.52. The molecule has 1 aliphatic heterocycles. The van der Waals surface area contributed by atoms with Crippen molar-refractivity contribution in [3.05, 3.63) is 28.0 Å². The molecule has 1 atom stereocenters. The number of aliphatic hydroxyl groups excluding tert-OH is 1. The zero-order valence-corrected chi connectivity index (χ0v) is 12.5. The van der Waals surface area contributed by atoms with Crippen LogP contribution < -0.4 is 0 Å². The van der Waals surface area contributed by atoms with Gasteiger partial charge in [-0.1, -0.05) is 0 Å². The lowest BCUT2D eigenvalue weighted by atomic mass is 10.1. The molecule has 1 aromatic rings. The van der Waals surface area contributed by atoms with E-state index in [1.54, 1.807) is 11.4 Å². The smallest absolute Gasteiger partial charge is 0.328 e. The highest BCUT2D eigenvalue weighted by molar-refractivity contribution is 7.12. The molecular weight excluding hydrogens is 290 g/mol. The summed E-state index contributed by atoms with van der Waals surface area (Å²) in [4.78, 5) is 25.7. The maximum atomic E-state index is 12.6. The van der Waals surface area contributed by atoms with Crippen molar-refractivity contribution in [2.45, 2.75) is 31.7 Å². The average Bonchev–Trinajstić information content (AvgIpc) is 3.10. The lowest BCUT2D eigenvalue weighted by Gasteiger charge is -2.24. The van der Waals surface area contributed by atoms with E-state index in [-0.39, 0.29) is 18.6 Å². The number of aliphatic carboxylic acids is 1. The summed E-state index contributed by atoms with van der Waals surface area (Å²) < 4.78 is 0. The SMILES string of the molecule is O=C(O)C=Cc1ccsc1C(=O)N1CCCC1CCCO. The second-order valence-electron chi connectivity index (χ2n) is 5.04. The van der Waals surface area contributed by atoms with Crippen LogP contribution in [0.3, 0.4) is 0 Å². The number of hydrogen-bond donors (Lipinski definition) is 2. The van der Waals surface area contributed by atoms with Crippen molar-refractivity contribution in [2.24, 2.45) is 0 Å². The van der Waals surface area contributed by atoms with Crippen LogP contribution in [0.1, 0.15) is 40.9 Å². The minimum absolute atomic E-state index is 0.0320. The molecular formula is C15H19NO4S. The third-order valence-corrected chi connectivity index (χ3v) is 4.55. The molecule has 2 rings (SSSR count). The lowest BCUT2D eigenvalue weighted by Crippen LogP contribution is -2.35. The molecule has 2 heterocycles. The molecule has 6 heteroatoms. The maximum absolute atomic E-state index is 12.6. The van der Waals surface area contributed by atoms with Gasteiger partial charge in [-0.15, -0.1) is 11.3 Å². The van der Waals surface area contributed by atoms with Gasteiger partial charge in [-0.05, 0) is 48.8 Å². The summed E-state index contributed by atoms with van der Waals surface area (Å²) in [5, 5.41) is 19.4. The van der Waals surface area contributed by atoms with Crippen molar-refractivity contribution in [3.63, 3.8) is 0 Å². The Morgan fingerprint density at radius 3 is 3.00 bits per heavy atom. The van der Waals surface area contributed by atoms with Crippen LogP contribution in [0.15, 0.2) is 17.5 Å². The van der Waals surface area contributed by atoms with Crippen LogP contribution in [0.25, 0.3) is 6.08 Å². The van der Waals surface area contributed by atoms with Gasteiger partial charge in [-0.25, -0.2) is 4.79 Å². The van der Waals surface area contributed by atoms with E-state index in [1.807, 2.05) is 4.90 Å². The molecule has 1 aromatic heterocycles. The molecule has 0 aliphatic carbocycles. The Bertz CT molecular complexity index is 538. The highest BCUT2D eigenvalue weighted by Crippen LogP contribution is 2.27. The van der Waals surface area contributed by atoms with Crippen LogP contribution in [-0.4, -0.2) is 46.2 Å². The van der Waals surface area contributed by atoms with Crippen molar-refractivity contribution in [3.8, 4) is 0 Å². The summed E-state index contributed by atoms with van der Waals surface area (Å²) in [5.41, 5.74) is 0.653. The molecule has 0 radical (unpaired) electrons. The van der Waals surface area contributed by atoms with Gasteiger partial charge in [0.25, 0.3) is 5.91 Å². The molecule has 0 bridgehead atoms. The number of carbonyl (C=O) groups is 2. The summed E-state index contributed by atoms with van der Waals surface area (Å²) in [5.74, 6) is -1.06. The number of aliphatic hydroxyl groups is 1. The van der Waals surface area contributed by atoms with Gasteiger partial charge < -0.3 is 15.1 Å². The number of nitrogens with zero attached hydrogens (tertiary/aromatic N) is 1. The van der Waals surface area contributed by atoms with Crippen LogP contribution in [0, 0.1) is 0 Å². The summed E-state index contributed by atoms with van der Waals surface area (Å²) >= 11 is 1.34. The first kappa shape index (κ1) is 15.7. The summed E-state index contributed by atoms with van der Waals surface area (Å²) in [6.45, 7) is 0.874. The van der Waals surface area contributed by atoms with Gasteiger partial charge in [0, 0.05) is 25.3 Å². The Balaban J connectivity index is 2.12. The predicted octanol–water partition coefficient (Wildman–Crippen LogP) is 2.22. The second-order valence-corrected chi connectivity index (χ2v) is 5.95. The zero-order valence-electron chi connectivity index (χ0n) is 11.7. The molecule has 114 valence electrons. The molecule has 0 spiro atoms. The van der Waals surface area contributed by atoms with Crippen molar-refractivity contribution >= 4 is 29.3 Å². The largest absolute Gasteiger partial charge is 0.478 e. The maximum Gasteiger partial charge on any atom is 0.328 e. The third kappa shape index (κ3) is 3.92. The minimum atomic E-state index is -1.03. The monoisotopic (exact) mass is 309 g/mol. The topological polar surface area (TPSA) is 77.8 Å². The highest BCUT2D eigenvalue weighted by atomic mass is 32.1. The van der Waals surface area contributed by atoms with E-state index in [2.05, 4.69) is 0 Å². The van der Waals surface area contributed by atoms with E-state index in [1.165, 1.54) is 17.4 Å². The van der Waals surface area contributed by atoms with Crippen LogP contribution in [0.5, 0.6) is 0 Å². The van der Waals surface area contributed by atoms with Crippen LogP contribution in [0.2, 0.25) is 0 Å². The number of hydrogen-bond acceptors (Lipinski definition) is 4. The summed E-state index contributed by atoms with van der Waals surface area (Å²) in [6.07, 6.45) is 5.97. The lowest BCUT2D eigenvalue weighted by molar-refractivity contribution is -0.131. The number of rotatable bonds is 6. The van der Waals surface area contributed by atoms with Crippen LogP contribution in [-0.2, 0) is 4.79 Å². The standard InChI is InChI=1S/C15H19NO4S/c17-9-2-4-12-3-1-8-16(12)15(20)14-11(7-10-21-14)5-6-13(18)19/h5-7,10,12,17H,1-4,8-9H2,(H,18,19). The van der Waals surface area contributed by atoms with Crippen molar-refractivity contribution in [1.82, 2.24) is 4.90 Å². The van der Waals surface area contributed by atoms with Crippen molar-refractivity contribution < 1.29 is 19.8 Å². The number of thiophene rings is 1. The van der Waals surface area contributed by atoms with Crippen molar-refractivity contribution in [1.29, 1.82) is 0 Å². The number of carbonyl (C=O) groups excluding carboxylic acids is 1. The van der Waals surface area contributed by atoms with Crippen molar-refractivity contribution in [2.75, 3.05) is 13.2 Å². The highest BCUT2D eigenvalue weighted by Gasteiger charge is 2.30. The second kappa shape index (κ2) is 7.38. The molecule has 1 amide bonds. The predicted molar refractivity (Wildman–Crippen MR) is 81.4 cm³/mol. The summed E-state index contributed by atoms with van der Waals surface area (Å²) in [6, 6.07) is 1.94. The fraction of sp³-hybridized carbons (Fsp3) is 0.467. The first-order valence-corrected chi connectivity index (χ1v) is 7.91. The van der Waals surface area contributed by atoms with E-state index in [4.69, 9.17) is 10.2 Å². The zero-order chi connectivity index (χ0) is 15.2. The Morgan fingerprint density at radius 2 is 2.29 bits per heavy atom. The first-order chi connectivity index (χ1) is 10.1. The van der Waals surface area contributed by atoms with Gasteiger partial charge >= 0.3 is 5.97 Å². The third-order valence-electron chi connectivity index (χ3n) is 3.63. The quantitative estimate of drug-likeness (QED) is 0.790. The van der Waals surface area contributed by atoms with E-state index in [0.29, 0.717) is 16.9 Å². The molecule has 0 saturated carbocycles. The number of likely N-dealkylation sites (tertiary alicyclic amines) is 1. The molecule has 1 unspecified atom stereocenters. The Labute approximate surface area is 127 Å². The molecule has 21 heavy (non-hydrogen) atoms. The van der Waals surface area contributed by atoms with Crippen LogP contribution >= 0.6 is 11.3 Å². The number of carboxylic acids is 1. The normalized spacial score (nSPS) is 18.5. The number of carboxylic acid groups (broad SMARTS) is 1. The Morgan fingerprint density at radius 1 is 1.48 bits per heavy atom. The Hall–Kier alpha value is -1.66. The fourth-order valence-corrected chi connectivity index (χ4v) is 3.49. The number of amides is 1. The molecule has 1 fully saturated rings. The van der Waals surface area contributed by atoms with Gasteiger partial charge in [0.2, 0.25) is 0 Å². The molecule has 5 nitrogen and oxygen atoms in total. The molecule has 2 N–H and O–H groups in total. The van der Waals surface area contributed by atoms with Crippen LogP contribution in [0.4, 0.5) is 0 Å². The summed E-state index contributed by atoms with van der Waals surface area (Å²) in [7, 11) is 0. The first-order valence-electron chi connectivity index (χ1n) is 7.04. The van der Waals surface area contributed by atoms with Gasteiger partial charge in [0.05, 0.1) is 4.88 Å². The molecule has 1 aliphatic rings. The molecule has 0 aromatic carbocycles. The van der Waals surface area contributed by atoms with Gasteiger partial charge in [-0.2, -0.15) is 0 Å². The van der Waals surface area contributed by atoms with Gasteiger partial charge in [-0.3, -0.25) is 4.79 Å². The average molecular weight is 309 g/mol.